The van der Waals surface area contributed by atoms with Crippen LogP contribution in [0.1, 0.15) is 24.5 Å². The molecule has 2 N–H and O–H groups in total. The Hall–Kier alpha value is -1.02. The highest BCUT2D eigenvalue weighted by Crippen LogP contribution is 2.16. The molecule has 90 valence electrons. The molecule has 0 spiro atoms. The van der Waals surface area contributed by atoms with Gasteiger partial charge in [-0.25, -0.2) is 0 Å². The topological polar surface area (TPSA) is 24.1 Å². The van der Waals surface area contributed by atoms with Gasteiger partial charge in [-0.3, -0.25) is 0 Å². The maximum atomic E-state index is 3.54. The summed E-state index contributed by atoms with van der Waals surface area (Å²) in [6.45, 7) is 8.66. The number of anilines is 1. The molecular weight excluding hydrogens is 196 g/mol. The summed E-state index contributed by atoms with van der Waals surface area (Å²) in [5.41, 5.74) is 3.92. The fraction of sp³-hybridized carbons (Fsp3) is 0.571. The zero-order valence-electron chi connectivity index (χ0n) is 10.9. The van der Waals surface area contributed by atoms with Crippen LogP contribution in [0, 0.1) is 19.8 Å². The quantitative estimate of drug-likeness (QED) is 0.770. The van der Waals surface area contributed by atoms with Gasteiger partial charge in [0, 0.05) is 12.2 Å². The standard InChI is InChI=1S/C14H24N2/c1-5-13(9-15-4)10-16-14-7-6-11(2)8-12(14)3/h6-8,13,15-16H,5,9-10H2,1-4H3. The molecule has 1 unspecified atom stereocenters. The van der Waals surface area contributed by atoms with Crippen molar-refractivity contribution < 1.29 is 0 Å². The van der Waals surface area contributed by atoms with E-state index in [9.17, 15) is 0 Å². The van der Waals surface area contributed by atoms with Crippen LogP contribution in [0.5, 0.6) is 0 Å². The Morgan fingerprint density at radius 1 is 1.19 bits per heavy atom. The molecule has 0 fully saturated rings. The summed E-state index contributed by atoms with van der Waals surface area (Å²) < 4.78 is 0. The molecular formula is C14H24N2. The molecule has 0 bridgehead atoms. The van der Waals surface area contributed by atoms with Crippen molar-refractivity contribution in [2.24, 2.45) is 5.92 Å². The van der Waals surface area contributed by atoms with Crippen LogP contribution in [-0.4, -0.2) is 20.1 Å². The SMILES string of the molecule is CCC(CNC)CNc1ccc(C)cc1C. The average Bonchev–Trinajstić information content (AvgIpc) is 2.26. The van der Waals surface area contributed by atoms with Crippen LogP contribution in [0.4, 0.5) is 5.69 Å². The summed E-state index contributed by atoms with van der Waals surface area (Å²) in [5, 5.41) is 6.77. The lowest BCUT2D eigenvalue weighted by Gasteiger charge is -2.17. The highest BCUT2D eigenvalue weighted by Gasteiger charge is 2.05. The molecule has 0 aliphatic carbocycles. The van der Waals surface area contributed by atoms with Crippen LogP contribution >= 0.6 is 0 Å². The fourth-order valence-corrected chi connectivity index (χ4v) is 1.92. The van der Waals surface area contributed by atoms with Crippen molar-refractivity contribution in [1.82, 2.24) is 5.32 Å². The van der Waals surface area contributed by atoms with Gasteiger partial charge in [0.05, 0.1) is 0 Å². The monoisotopic (exact) mass is 220 g/mol. The van der Waals surface area contributed by atoms with Crippen molar-refractivity contribution in [3.8, 4) is 0 Å². The van der Waals surface area contributed by atoms with E-state index in [2.05, 4.69) is 49.6 Å². The van der Waals surface area contributed by atoms with Crippen molar-refractivity contribution in [2.75, 3.05) is 25.5 Å². The van der Waals surface area contributed by atoms with E-state index in [0.717, 1.165) is 13.1 Å². The van der Waals surface area contributed by atoms with E-state index in [0.29, 0.717) is 5.92 Å². The molecule has 0 saturated carbocycles. The van der Waals surface area contributed by atoms with Gasteiger partial charge >= 0.3 is 0 Å². The summed E-state index contributed by atoms with van der Waals surface area (Å²) >= 11 is 0. The van der Waals surface area contributed by atoms with Crippen molar-refractivity contribution in [3.05, 3.63) is 29.3 Å². The third-order valence-corrected chi connectivity index (χ3v) is 3.03. The first kappa shape index (κ1) is 13.0. The second-order valence-corrected chi connectivity index (χ2v) is 4.53. The first-order valence-corrected chi connectivity index (χ1v) is 6.13. The number of hydrogen-bond acceptors (Lipinski definition) is 2. The fourth-order valence-electron chi connectivity index (χ4n) is 1.92. The summed E-state index contributed by atoms with van der Waals surface area (Å²) in [5.74, 6) is 0.700. The summed E-state index contributed by atoms with van der Waals surface area (Å²) in [7, 11) is 2.01. The number of hydrogen-bond donors (Lipinski definition) is 2. The van der Waals surface area contributed by atoms with Gasteiger partial charge in [0.15, 0.2) is 0 Å². The van der Waals surface area contributed by atoms with Crippen LogP contribution in [0.2, 0.25) is 0 Å². The van der Waals surface area contributed by atoms with Gasteiger partial charge in [-0.1, -0.05) is 31.0 Å². The minimum Gasteiger partial charge on any atom is -0.385 e. The summed E-state index contributed by atoms with van der Waals surface area (Å²) in [6, 6.07) is 6.56. The lowest BCUT2D eigenvalue weighted by molar-refractivity contribution is 0.506. The minimum atomic E-state index is 0.700. The molecule has 0 saturated heterocycles. The molecule has 1 atom stereocenters. The molecule has 0 aliphatic heterocycles. The maximum absolute atomic E-state index is 3.54. The van der Waals surface area contributed by atoms with Crippen LogP contribution in [0.25, 0.3) is 0 Å². The lowest BCUT2D eigenvalue weighted by atomic mass is 10.1. The molecule has 16 heavy (non-hydrogen) atoms. The predicted octanol–water partition coefficient (Wildman–Crippen LogP) is 2.96. The van der Waals surface area contributed by atoms with E-state index in [1.807, 2.05) is 7.05 Å². The molecule has 0 amide bonds. The van der Waals surface area contributed by atoms with Crippen molar-refractivity contribution in [3.63, 3.8) is 0 Å². The Balaban J connectivity index is 2.53. The van der Waals surface area contributed by atoms with E-state index in [-0.39, 0.29) is 0 Å². The van der Waals surface area contributed by atoms with E-state index in [1.54, 1.807) is 0 Å². The van der Waals surface area contributed by atoms with E-state index in [4.69, 9.17) is 0 Å². The largest absolute Gasteiger partial charge is 0.385 e. The Labute approximate surface area is 99.5 Å². The number of nitrogens with one attached hydrogen (secondary N) is 2. The van der Waals surface area contributed by atoms with Crippen LogP contribution in [0.3, 0.4) is 0 Å². The van der Waals surface area contributed by atoms with Crippen molar-refractivity contribution >= 4 is 5.69 Å². The zero-order valence-corrected chi connectivity index (χ0v) is 10.9. The van der Waals surface area contributed by atoms with Crippen LogP contribution in [-0.2, 0) is 0 Å². The second kappa shape index (κ2) is 6.54. The number of rotatable bonds is 6. The lowest BCUT2D eigenvalue weighted by Crippen LogP contribution is -2.25. The molecule has 1 rings (SSSR count). The van der Waals surface area contributed by atoms with Gasteiger partial charge < -0.3 is 10.6 Å². The maximum Gasteiger partial charge on any atom is 0.0370 e. The smallest absolute Gasteiger partial charge is 0.0370 e. The van der Waals surface area contributed by atoms with Crippen molar-refractivity contribution in [1.29, 1.82) is 0 Å². The highest BCUT2D eigenvalue weighted by atomic mass is 14.9. The second-order valence-electron chi connectivity index (χ2n) is 4.53. The van der Waals surface area contributed by atoms with Gasteiger partial charge in [0.1, 0.15) is 0 Å². The van der Waals surface area contributed by atoms with Gasteiger partial charge in [0.25, 0.3) is 0 Å². The molecule has 0 aromatic heterocycles. The first-order chi connectivity index (χ1) is 7.67. The average molecular weight is 220 g/mol. The molecule has 2 nitrogen and oxygen atoms in total. The molecule has 0 aliphatic rings. The first-order valence-electron chi connectivity index (χ1n) is 6.13. The molecule has 1 aromatic carbocycles. The Bertz CT molecular complexity index is 321. The molecule has 0 radical (unpaired) electrons. The Morgan fingerprint density at radius 2 is 1.94 bits per heavy atom. The van der Waals surface area contributed by atoms with Gasteiger partial charge in [-0.05, 0) is 45.0 Å². The van der Waals surface area contributed by atoms with Gasteiger partial charge in [-0.2, -0.15) is 0 Å². The van der Waals surface area contributed by atoms with Gasteiger partial charge in [0.2, 0.25) is 0 Å². The molecule has 0 heterocycles. The van der Waals surface area contributed by atoms with E-state index in [1.165, 1.54) is 23.2 Å². The van der Waals surface area contributed by atoms with Gasteiger partial charge in [-0.15, -0.1) is 0 Å². The number of aryl methyl sites for hydroxylation is 2. The third kappa shape index (κ3) is 3.86. The Kier molecular flexibility index (Phi) is 5.33. The summed E-state index contributed by atoms with van der Waals surface area (Å²) in [4.78, 5) is 0. The Morgan fingerprint density at radius 3 is 2.50 bits per heavy atom. The van der Waals surface area contributed by atoms with E-state index < -0.39 is 0 Å². The summed E-state index contributed by atoms with van der Waals surface area (Å²) in [6.07, 6.45) is 1.21. The van der Waals surface area contributed by atoms with Crippen molar-refractivity contribution in [2.45, 2.75) is 27.2 Å². The van der Waals surface area contributed by atoms with E-state index >= 15 is 0 Å². The minimum absolute atomic E-state index is 0.700. The van der Waals surface area contributed by atoms with Crippen LogP contribution < -0.4 is 10.6 Å². The predicted molar refractivity (Wildman–Crippen MR) is 72.1 cm³/mol. The third-order valence-electron chi connectivity index (χ3n) is 3.03. The molecule has 1 aromatic rings. The molecule has 2 heteroatoms. The van der Waals surface area contributed by atoms with Crippen LogP contribution in [0.15, 0.2) is 18.2 Å². The number of benzene rings is 1. The highest BCUT2D eigenvalue weighted by molar-refractivity contribution is 5.51. The normalized spacial score (nSPS) is 12.5. The zero-order chi connectivity index (χ0) is 12.0.